The predicted octanol–water partition coefficient (Wildman–Crippen LogP) is 0.550. The van der Waals surface area contributed by atoms with E-state index in [1.807, 2.05) is 0 Å². The van der Waals surface area contributed by atoms with Gasteiger partial charge < -0.3 is 15.4 Å². The molecule has 1 saturated heterocycles. The van der Waals surface area contributed by atoms with Gasteiger partial charge in [0.25, 0.3) is 0 Å². The Morgan fingerprint density at radius 3 is 2.38 bits per heavy atom. The summed E-state index contributed by atoms with van der Waals surface area (Å²) in [4.78, 5) is 2.36. The number of rotatable bonds is 5. The third-order valence-electron chi connectivity index (χ3n) is 2.53. The van der Waals surface area contributed by atoms with Crippen molar-refractivity contribution < 1.29 is 4.74 Å². The van der Waals surface area contributed by atoms with Gasteiger partial charge in [0.15, 0.2) is 0 Å². The van der Waals surface area contributed by atoms with E-state index in [2.05, 4.69) is 25.8 Å². The van der Waals surface area contributed by atoms with Crippen LogP contribution in [0.25, 0.3) is 0 Å². The molecule has 0 bridgehead atoms. The lowest BCUT2D eigenvalue weighted by Crippen LogP contribution is -2.54. The molecular weight excluding hydrogens is 164 g/mol. The van der Waals surface area contributed by atoms with Crippen LogP contribution in [0.3, 0.4) is 0 Å². The summed E-state index contributed by atoms with van der Waals surface area (Å²) in [7, 11) is 2.16. The Morgan fingerprint density at radius 2 is 2.08 bits per heavy atom. The molecular formula is C10H22N2O. The van der Waals surface area contributed by atoms with Gasteiger partial charge in [-0.3, -0.25) is 0 Å². The molecule has 0 spiro atoms. The monoisotopic (exact) mass is 186 g/mol. The van der Waals surface area contributed by atoms with Gasteiger partial charge in [-0.15, -0.1) is 0 Å². The summed E-state index contributed by atoms with van der Waals surface area (Å²) in [6, 6.07) is 0. The molecule has 3 nitrogen and oxygen atoms in total. The van der Waals surface area contributed by atoms with Gasteiger partial charge >= 0.3 is 0 Å². The fourth-order valence-corrected chi connectivity index (χ4v) is 1.92. The van der Waals surface area contributed by atoms with Gasteiger partial charge in [0.1, 0.15) is 0 Å². The summed E-state index contributed by atoms with van der Waals surface area (Å²) in [5, 5.41) is 0. The molecule has 0 aromatic rings. The summed E-state index contributed by atoms with van der Waals surface area (Å²) >= 11 is 0. The van der Waals surface area contributed by atoms with Crippen molar-refractivity contribution in [1.82, 2.24) is 4.90 Å². The number of hydrogen-bond acceptors (Lipinski definition) is 3. The van der Waals surface area contributed by atoms with Crippen molar-refractivity contribution in [1.29, 1.82) is 0 Å². The molecule has 0 aliphatic carbocycles. The van der Waals surface area contributed by atoms with E-state index in [0.29, 0.717) is 0 Å². The largest absolute Gasteiger partial charge is 0.380 e. The summed E-state index contributed by atoms with van der Waals surface area (Å²) in [6.07, 6.45) is 0. The normalized spacial score (nSPS) is 20.8. The van der Waals surface area contributed by atoms with Crippen molar-refractivity contribution >= 4 is 0 Å². The zero-order valence-corrected chi connectivity index (χ0v) is 9.05. The number of nitrogens with two attached hydrogens (primary N) is 1. The van der Waals surface area contributed by atoms with Crippen molar-refractivity contribution in [2.75, 3.05) is 39.9 Å². The van der Waals surface area contributed by atoms with Crippen LogP contribution in [0.15, 0.2) is 0 Å². The van der Waals surface area contributed by atoms with Crippen LogP contribution >= 0.6 is 0 Å². The molecule has 0 aromatic carbocycles. The average molecular weight is 186 g/mol. The van der Waals surface area contributed by atoms with Crippen LogP contribution in [0.1, 0.15) is 13.8 Å². The molecule has 0 saturated carbocycles. The molecule has 13 heavy (non-hydrogen) atoms. The minimum atomic E-state index is 0.254. The fourth-order valence-electron chi connectivity index (χ4n) is 1.92. The van der Waals surface area contributed by atoms with Gasteiger partial charge in [0, 0.05) is 25.0 Å². The molecule has 1 heterocycles. The second-order valence-electron chi connectivity index (χ2n) is 4.79. The number of ether oxygens (including phenoxy) is 1. The standard InChI is InChI=1S/C10H22N2O/c1-9(2)4-12(3)6-10(5-11)7-13-8-10/h9H,4-8,11H2,1-3H3. The Labute approximate surface area is 81.2 Å². The molecule has 78 valence electrons. The van der Waals surface area contributed by atoms with E-state index in [9.17, 15) is 0 Å². The van der Waals surface area contributed by atoms with Crippen LogP contribution in [-0.4, -0.2) is 44.8 Å². The molecule has 0 radical (unpaired) electrons. The van der Waals surface area contributed by atoms with E-state index in [-0.39, 0.29) is 5.41 Å². The van der Waals surface area contributed by atoms with Crippen molar-refractivity contribution in [3.8, 4) is 0 Å². The van der Waals surface area contributed by atoms with Crippen LogP contribution in [0.4, 0.5) is 0 Å². The maximum atomic E-state index is 5.74. The van der Waals surface area contributed by atoms with Gasteiger partial charge in [-0.1, -0.05) is 13.8 Å². The molecule has 1 aliphatic heterocycles. The van der Waals surface area contributed by atoms with Gasteiger partial charge in [0.05, 0.1) is 13.2 Å². The first-order valence-corrected chi connectivity index (χ1v) is 5.04. The average Bonchev–Trinajstić information content (AvgIpc) is 1.95. The summed E-state index contributed by atoms with van der Waals surface area (Å²) in [6.45, 7) is 9.11. The predicted molar refractivity (Wildman–Crippen MR) is 54.6 cm³/mol. The first-order chi connectivity index (χ1) is 6.08. The highest BCUT2D eigenvalue weighted by Gasteiger charge is 2.38. The first-order valence-electron chi connectivity index (χ1n) is 5.04. The topological polar surface area (TPSA) is 38.5 Å². The molecule has 0 aromatic heterocycles. The second kappa shape index (κ2) is 4.40. The van der Waals surface area contributed by atoms with E-state index in [0.717, 1.165) is 38.8 Å². The molecule has 0 atom stereocenters. The lowest BCUT2D eigenvalue weighted by atomic mass is 9.85. The highest BCUT2D eigenvalue weighted by atomic mass is 16.5. The summed E-state index contributed by atoms with van der Waals surface area (Å²) < 4.78 is 5.23. The molecule has 1 rings (SSSR count). The van der Waals surface area contributed by atoms with Crippen molar-refractivity contribution in [3.05, 3.63) is 0 Å². The minimum Gasteiger partial charge on any atom is -0.380 e. The van der Waals surface area contributed by atoms with Crippen LogP contribution in [0.5, 0.6) is 0 Å². The summed E-state index contributed by atoms with van der Waals surface area (Å²) in [5.74, 6) is 0.723. The van der Waals surface area contributed by atoms with Crippen LogP contribution < -0.4 is 5.73 Å². The highest BCUT2D eigenvalue weighted by molar-refractivity contribution is 4.89. The Morgan fingerprint density at radius 1 is 1.46 bits per heavy atom. The van der Waals surface area contributed by atoms with Gasteiger partial charge in [0.2, 0.25) is 0 Å². The van der Waals surface area contributed by atoms with E-state index in [1.165, 1.54) is 0 Å². The minimum absolute atomic E-state index is 0.254. The van der Waals surface area contributed by atoms with Gasteiger partial charge in [-0.05, 0) is 13.0 Å². The zero-order valence-electron chi connectivity index (χ0n) is 9.05. The third kappa shape index (κ3) is 2.93. The Hall–Kier alpha value is -0.120. The molecule has 3 heteroatoms. The second-order valence-corrected chi connectivity index (χ2v) is 4.79. The Kier molecular flexibility index (Phi) is 3.71. The van der Waals surface area contributed by atoms with Gasteiger partial charge in [-0.25, -0.2) is 0 Å². The molecule has 2 N–H and O–H groups in total. The smallest absolute Gasteiger partial charge is 0.0569 e. The Balaban J connectivity index is 2.29. The molecule has 0 unspecified atom stereocenters. The number of nitrogens with zero attached hydrogens (tertiary/aromatic N) is 1. The lowest BCUT2D eigenvalue weighted by molar-refractivity contribution is -0.118. The van der Waals surface area contributed by atoms with Crippen molar-refractivity contribution in [2.24, 2.45) is 17.1 Å². The molecule has 0 amide bonds. The summed E-state index contributed by atoms with van der Waals surface area (Å²) in [5.41, 5.74) is 5.99. The Bertz CT molecular complexity index is 149. The fraction of sp³-hybridized carbons (Fsp3) is 1.00. The van der Waals surface area contributed by atoms with Crippen molar-refractivity contribution in [3.63, 3.8) is 0 Å². The third-order valence-corrected chi connectivity index (χ3v) is 2.53. The SMILES string of the molecule is CC(C)CN(C)CC1(CN)COC1. The molecule has 1 fully saturated rings. The van der Waals surface area contributed by atoms with Crippen molar-refractivity contribution in [2.45, 2.75) is 13.8 Å². The van der Waals surface area contributed by atoms with E-state index >= 15 is 0 Å². The highest BCUT2D eigenvalue weighted by Crippen LogP contribution is 2.26. The molecule has 1 aliphatic rings. The van der Waals surface area contributed by atoms with E-state index in [1.54, 1.807) is 0 Å². The van der Waals surface area contributed by atoms with Gasteiger partial charge in [-0.2, -0.15) is 0 Å². The quantitative estimate of drug-likeness (QED) is 0.681. The maximum absolute atomic E-state index is 5.74. The van der Waals surface area contributed by atoms with Crippen LogP contribution in [-0.2, 0) is 4.74 Å². The lowest BCUT2D eigenvalue weighted by Gasteiger charge is -2.43. The first kappa shape index (κ1) is 11.0. The van der Waals surface area contributed by atoms with Crippen LogP contribution in [0.2, 0.25) is 0 Å². The number of hydrogen-bond donors (Lipinski definition) is 1. The van der Waals surface area contributed by atoms with Crippen LogP contribution in [0, 0.1) is 11.3 Å². The zero-order chi connectivity index (χ0) is 9.90. The maximum Gasteiger partial charge on any atom is 0.0569 e. The van der Waals surface area contributed by atoms with E-state index in [4.69, 9.17) is 10.5 Å². The van der Waals surface area contributed by atoms with E-state index < -0.39 is 0 Å².